The predicted octanol–water partition coefficient (Wildman–Crippen LogP) is 2.74. The van der Waals surface area contributed by atoms with Gasteiger partial charge in [-0.15, -0.1) is 0 Å². The largest absolute Gasteiger partial charge is 0.489 e. The van der Waals surface area contributed by atoms with Crippen LogP contribution in [0.1, 0.15) is 11.1 Å². The summed E-state index contributed by atoms with van der Waals surface area (Å²) in [6.45, 7) is 1.01. The molecule has 0 radical (unpaired) electrons. The molecule has 0 saturated heterocycles. The van der Waals surface area contributed by atoms with E-state index in [1.54, 1.807) is 0 Å². The lowest BCUT2D eigenvalue weighted by molar-refractivity contribution is 0.161. The molecular weight excluding hydrogens is 214 g/mol. The second kappa shape index (κ2) is 6.03. The number of hydrogen-bond donors (Lipinski definition) is 2. The van der Waals surface area contributed by atoms with E-state index in [1.165, 1.54) is 0 Å². The molecule has 0 bridgehead atoms. The first-order valence-electron chi connectivity index (χ1n) is 5.51. The van der Waals surface area contributed by atoms with Gasteiger partial charge in [0.25, 0.3) is 0 Å². The first-order chi connectivity index (χ1) is 8.38. The first-order valence-corrected chi connectivity index (χ1v) is 5.51. The van der Waals surface area contributed by atoms with E-state index in [0.717, 1.165) is 16.9 Å². The van der Waals surface area contributed by atoms with Crippen molar-refractivity contribution in [2.75, 3.05) is 0 Å². The minimum Gasteiger partial charge on any atom is -0.489 e. The Kier molecular flexibility index (Phi) is 4.13. The van der Waals surface area contributed by atoms with Crippen LogP contribution >= 0.6 is 0 Å². The van der Waals surface area contributed by atoms with E-state index in [-0.39, 0.29) is 0 Å². The molecule has 0 atom stereocenters. The lowest BCUT2D eigenvalue weighted by Gasteiger charge is -2.07. The monoisotopic (exact) mass is 229 g/mol. The van der Waals surface area contributed by atoms with Gasteiger partial charge in [-0.25, -0.2) is 5.48 Å². The van der Waals surface area contributed by atoms with Crippen molar-refractivity contribution in [2.45, 2.75) is 13.2 Å². The molecule has 17 heavy (non-hydrogen) atoms. The number of nitrogens with one attached hydrogen (secondary N) is 1. The molecule has 0 amide bonds. The zero-order valence-corrected chi connectivity index (χ0v) is 9.47. The highest BCUT2D eigenvalue weighted by atomic mass is 16.5. The molecule has 0 spiro atoms. The van der Waals surface area contributed by atoms with Gasteiger partial charge in [0, 0.05) is 6.54 Å². The molecule has 0 heterocycles. The number of ether oxygens (including phenoxy) is 1. The van der Waals surface area contributed by atoms with E-state index in [4.69, 9.17) is 9.94 Å². The highest BCUT2D eigenvalue weighted by molar-refractivity contribution is 5.27. The van der Waals surface area contributed by atoms with Gasteiger partial charge in [-0.1, -0.05) is 42.5 Å². The maximum Gasteiger partial charge on any atom is 0.119 e. The Morgan fingerprint density at radius 2 is 1.59 bits per heavy atom. The van der Waals surface area contributed by atoms with Gasteiger partial charge in [0.05, 0.1) is 0 Å². The third-order valence-electron chi connectivity index (χ3n) is 2.45. The third kappa shape index (κ3) is 3.59. The van der Waals surface area contributed by atoms with E-state index >= 15 is 0 Å². The summed E-state index contributed by atoms with van der Waals surface area (Å²) in [5.41, 5.74) is 4.28. The molecular formula is C14H15NO2. The number of rotatable bonds is 5. The molecule has 88 valence electrons. The third-order valence-corrected chi connectivity index (χ3v) is 2.45. The van der Waals surface area contributed by atoms with Gasteiger partial charge in [0.15, 0.2) is 0 Å². The average molecular weight is 229 g/mol. The van der Waals surface area contributed by atoms with Crippen LogP contribution in [0.4, 0.5) is 0 Å². The highest BCUT2D eigenvalue weighted by Crippen LogP contribution is 2.14. The van der Waals surface area contributed by atoms with Gasteiger partial charge in [-0.2, -0.15) is 0 Å². The Morgan fingerprint density at radius 1 is 0.882 bits per heavy atom. The van der Waals surface area contributed by atoms with Crippen LogP contribution in [0.15, 0.2) is 54.6 Å². The van der Waals surface area contributed by atoms with E-state index in [2.05, 4.69) is 5.48 Å². The summed E-state index contributed by atoms with van der Waals surface area (Å²) in [6, 6.07) is 17.7. The molecule has 0 saturated carbocycles. The lowest BCUT2D eigenvalue weighted by atomic mass is 10.2. The zero-order valence-electron chi connectivity index (χ0n) is 9.47. The van der Waals surface area contributed by atoms with E-state index in [0.29, 0.717) is 13.2 Å². The summed E-state index contributed by atoms with van der Waals surface area (Å²) < 4.78 is 5.64. The maximum atomic E-state index is 8.56. The molecule has 0 aliphatic carbocycles. The van der Waals surface area contributed by atoms with Crippen molar-refractivity contribution >= 4 is 0 Å². The molecule has 0 aliphatic rings. The SMILES string of the molecule is ONCc1ccc(OCc2ccccc2)cc1. The molecule has 0 aromatic heterocycles. The van der Waals surface area contributed by atoms with Gasteiger partial charge < -0.3 is 9.94 Å². The lowest BCUT2D eigenvalue weighted by Crippen LogP contribution is -2.05. The minimum absolute atomic E-state index is 0.443. The van der Waals surface area contributed by atoms with Crippen LogP contribution < -0.4 is 10.2 Å². The van der Waals surface area contributed by atoms with Crippen LogP contribution in [0.2, 0.25) is 0 Å². The summed E-state index contributed by atoms with van der Waals surface area (Å²) in [5.74, 6) is 0.829. The quantitative estimate of drug-likeness (QED) is 0.775. The van der Waals surface area contributed by atoms with Crippen molar-refractivity contribution in [2.24, 2.45) is 0 Å². The van der Waals surface area contributed by atoms with Gasteiger partial charge in [0.2, 0.25) is 0 Å². The fourth-order valence-corrected chi connectivity index (χ4v) is 1.54. The second-order valence-corrected chi connectivity index (χ2v) is 3.75. The Balaban J connectivity index is 1.91. The van der Waals surface area contributed by atoms with E-state index in [1.807, 2.05) is 54.6 Å². The smallest absolute Gasteiger partial charge is 0.119 e. The maximum absolute atomic E-state index is 8.56. The van der Waals surface area contributed by atoms with Crippen LogP contribution in [0.5, 0.6) is 5.75 Å². The molecule has 3 nitrogen and oxygen atoms in total. The standard InChI is InChI=1S/C14H15NO2/c16-15-10-12-6-8-14(9-7-12)17-11-13-4-2-1-3-5-13/h1-9,15-16H,10-11H2. The summed E-state index contributed by atoms with van der Waals surface area (Å²) in [7, 11) is 0. The Labute approximate surface area is 101 Å². The fourth-order valence-electron chi connectivity index (χ4n) is 1.54. The van der Waals surface area contributed by atoms with Gasteiger partial charge in [-0.3, -0.25) is 0 Å². The van der Waals surface area contributed by atoms with Gasteiger partial charge in [0.1, 0.15) is 12.4 Å². The molecule has 2 N–H and O–H groups in total. The van der Waals surface area contributed by atoms with Gasteiger partial charge >= 0.3 is 0 Å². The average Bonchev–Trinajstić information content (AvgIpc) is 2.40. The van der Waals surface area contributed by atoms with Crippen molar-refractivity contribution in [1.29, 1.82) is 0 Å². The Morgan fingerprint density at radius 3 is 2.24 bits per heavy atom. The fraction of sp³-hybridized carbons (Fsp3) is 0.143. The minimum atomic E-state index is 0.443. The summed E-state index contributed by atoms with van der Waals surface area (Å²) in [5, 5.41) is 8.56. The van der Waals surface area contributed by atoms with Crippen molar-refractivity contribution in [3.63, 3.8) is 0 Å². The molecule has 2 aromatic rings. The number of benzene rings is 2. The first kappa shape index (κ1) is 11.6. The van der Waals surface area contributed by atoms with Crippen molar-refractivity contribution in [3.8, 4) is 5.75 Å². The van der Waals surface area contributed by atoms with Crippen LogP contribution in [0.25, 0.3) is 0 Å². The van der Waals surface area contributed by atoms with Crippen LogP contribution in [0, 0.1) is 0 Å². The summed E-state index contributed by atoms with van der Waals surface area (Å²) in [4.78, 5) is 0. The molecule has 2 aromatic carbocycles. The molecule has 0 aliphatic heterocycles. The van der Waals surface area contributed by atoms with E-state index in [9.17, 15) is 0 Å². The molecule has 2 rings (SSSR count). The van der Waals surface area contributed by atoms with Gasteiger partial charge in [-0.05, 0) is 23.3 Å². The topological polar surface area (TPSA) is 41.5 Å². The summed E-state index contributed by atoms with van der Waals surface area (Å²) >= 11 is 0. The van der Waals surface area contributed by atoms with Crippen LogP contribution in [-0.4, -0.2) is 5.21 Å². The Bertz CT molecular complexity index is 440. The van der Waals surface area contributed by atoms with Crippen molar-refractivity contribution < 1.29 is 9.94 Å². The highest BCUT2D eigenvalue weighted by Gasteiger charge is 1.96. The normalized spacial score (nSPS) is 10.2. The number of hydrogen-bond acceptors (Lipinski definition) is 3. The van der Waals surface area contributed by atoms with Crippen LogP contribution in [-0.2, 0) is 13.2 Å². The van der Waals surface area contributed by atoms with E-state index < -0.39 is 0 Å². The van der Waals surface area contributed by atoms with Crippen molar-refractivity contribution in [3.05, 3.63) is 65.7 Å². The zero-order chi connectivity index (χ0) is 11.9. The van der Waals surface area contributed by atoms with Crippen molar-refractivity contribution in [1.82, 2.24) is 5.48 Å². The Hall–Kier alpha value is -1.84. The molecule has 3 heteroatoms. The van der Waals surface area contributed by atoms with Crippen LogP contribution in [0.3, 0.4) is 0 Å². The second-order valence-electron chi connectivity index (χ2n) is 3.75. The number of hydroxylamine groups is 1. The summed E-state index contributed by atoms with van der Waals surface area (Å²) in [6.07, 6.45) is 0. The predicted molar refractivity (Wildman–Crippen MR) is 65.8 cm³/mol. The molecule has 0 unspecified atom stereocenters. The molecule has 0 fully saturated rings.